The molecule has 0 radical (unpaired) electrons. The van der Waals surface area contributed by atoms with Crippen molar-refractivity contribution in [3.05, 3.63) is 65.2 Å². The van der Waals surface area contributed by atoms with Crippen LogP contribution in [0.2, 0.25) is 0 Å². The van der Waals surface area contributed by atoms with Crippen molar-refractivity contribution in [2.24, 2.45) is 0 Å². The van der Waals surface area contributed by atoms with Crippen LogP contribution in [0.3, 0.4) is 0 Å². The average Bonchev–Trinajstić information content (AvgIpc) is 2.73. The number of sulfone groups is 1. The first-order chi connectivity index (χ1) is 14.2. The number of fused-ring (bicyclic) bond motifs is 1. The molecule has 0 saturated heterocycles. The number of hydrogen-bond acceptors (Lipinski definition) is 5. The molecule has 3 rings (SSSR count). The summed E-state index contributed by atoms with van der Waals surface area (Å²) in [6.07, 6.45) is 1.58. The van der Waals surface area contributed by atoms with Crippen molar-refractivity contribution in [2.45, 2.75) is 49.0 Å². The maximum atomic E-state index is 12.6. The van der Waals surface area contributed by atoms with E-state index in [9.17, 15) is 26.8 Å². The van der Waals surface area contributed by atoms with E-state index in [0.717, 1.165) is 49.1 Å². The van der Waals surface area contributed by atoms with Gasteiger partial charge >= 0.3 is 11.7 Å². The highest BCUT2D eigenvalue weighted by atomic mass is 32.2. The first kappa shape index (κ1) is 21.9. The van der Waals surface area contributed by atoms with Crippen LogP contribution in [0, 0.1) is 0 Å². The third-order valence-corrected chi connectivity index (χ3v) is 6.39. The Balaban J connectivity index is 1.63. The van der Waals surface area contributed by atoms with E-state index in [1.54, 1.807) is 0 Å². The fraction of sp³-hybridized carbons (Fsp3) is 0.333. The molecule has 0 unspecified atom stereocenters. The van der Waals surface area contributed by atoms with E-state index in [-0.39, 0.29) is 11.6 Å². The molecule has 160 valence electrons. The number of aryl methyl sites for hydroxylation is 1. The number of rotatable bonds is 6. The molecule has 0 fully saturated rings. The van der Waals surface area contributed by atoms with Gasteiger partial charge in [-0.3, -0.25) is 4.79 Å². The summed E-state index contributed by atoms with van der Waals surface area (Å²) in [4.78, 5) is 24.1. The van der Waals surface area contributed by atoms with E-state index in [4.69, 9.17) is 4.74 Å². The van der Waals surface area contributed by atoms with Crippen molar-refractivity contribution < 1.29 is 31.5 Å². The van der Waals surface area contributed by atoms with Gasteiger partial charge in [0.25, 0.3) is 5.91 Å². The number of carbonyl (C=O) groups excluding carboxylic acids is 2. The molecule has 1 aliphatic rings. The number of halogens is 2. The quantitative estimate of drug-likeness (QED) is 0.700. The number of nitrogens with one attached hydrogen (secondary N) is 1. The van der Waals surface area contributed by atoms with Gasteiger partial charge in [-0.1, -0.05) is 24.3 Å². The Morgan fingerprint density at radius 2 is 1.77 bits per heavy atom. The predicted molar refractivity (Wildman–Crippen MR) is 105 cm³/mol. The molecule has 2 atom stereocenters. The van der Waals surface area contributed by atoms with Crippen LogP contribution in [-0.2, 0) is 25.8 Å². The number of carbonyl (C=O) groups is 2. The van der Waals surface area contributed by atoms with Gasteiger partial charge in [0.15, 0.2) is 6.10 Å². The standard InChI is InChI=1S/C21H21F2NO5S/c1-13(19(25)24-18-8-4-6-14-5-2-3-7-17(14)18)29-20(26)15-9-11-16(12-10-15)30(27,28)21(22)23/h2-3,5,7,9-13,18,21H,4,6,8H2,1H3,(H,24,25)/t13-,18-/m1/s1. The molecule has 30 heavy (non-hydrogen) atoms. The van der Waals surface area contributed by atoms with E-state index in [0.29, 0.717) is 0 Å². The summed E-state index contributed by atoms with van der Waals surface area (Å²) in [6.45, 7) is 1.43. The highest BCUT2D eigenvalue weighted by Gasteiger charge is 2.28. The molecule has 2 aromatic rings. The molecule has 0 spiro atoms. The second-order valence-electron chi connectivity index (χ2n) is 7.03. The molecule has 0 aliphatic heterocycles. The van der Waals surface area contributed by atoms with Crippen LogP contribution < -0.4 is 5.32 Å². The van der Waals surface area contributed by atoms with Gasteiger partial charge in [0, 0.05) is 0 Å². The number of alkyl halides is 2. The Bertz CT molecular complexity index is 1040. The van der Waals surface area contributed by atoms with E-state index < -0.39 is 38.5 Å². The van der Waals surface area contributed by atoms with Crippen molar-refractivity contribution in [3.63, 3.8) is 0 Å². The number of hydrogen-bond donors (Lipinski definition) is 1. The highest BCUT2D eigenvalue weighted by Crippen LogP contribution is 2.29. The number of ether oxygens (including phenoxy) is 1. The van der Waals surface area contributed by atoms with E-state index >= 15 is 0 Å². The minimum atomic E-state index is -4.75. The minimum absolute atomic E-state index is 0.0501. The smallest absolute Gasteiger partial charge is 0.341 e. The summed E-state index contributed by atoms with van der Waals surface area (Å²) >= 11 is 0. The number of benzene rings is 2. The third kappa shape index (κ3) is 4.67. The molecule has 0 heterocycles. The van der Waals surface area contributed by atoms with Crippen molar-refractivity contribution in [3.8, 4) is 0 Å². The monoisotopic (exact) mass is 437 g/mol. The summed E-state index contributed by atoms with van der Waals surface area (Å²) in [5.41, 5.74) is 2.18. The van der Waals surface area contributed by atoms with Crippen LogP contribution in [0.1, 0.15) is 47.3 Å². The lowest BCUT2D eigenvalue weighted by atomic mass is 9.87. The van der Waals surface area contributed by atoms with Gasteiger partial charge < -0.3 is 10.1 Å². The summed E-state index contributed by atoms with van der Waals surface area (Å²) in [5.74, 6) is -4.87. The zero-order chi connectivity index (χ0) is 21.9. The lowest BCUT2D eigenvalue weighted by molar-refractivity contribution is -0.130. The Labute approximate surface area is 173 Å². The molecule has 6 nitrogen and oxygen atoms in total. The summed E-state index contributed by atoms with van der Waals surface area (Å²) < 4.78 is 53.2. The van der Waals surface area contributed by atoms with Crippen LogP contribution in [0.4, 0.5) is 8.78 Å². The number of esters is 1. The molecular formula is C21H21F2NO5S. The van der Waals surface area contributed by atoms with Gasteiger partial charge in [0.1, 0.15) is 0 Å². The Morgan fingerprint density at radius 3 is 2.43 bits per heavy atom. The Morgan fingerprint density at radius 1 is 1.10 bits per heavy atom. The lowest BCUT2D eigenvalue weighted by Crippen LogP contribution is -2.39. The maximum absolute atomic E-state index is 12.6. The van der Waals surface area contributed by atoms with Crippen LogP contribution in [0.15, 0.2) is 53.4 Å². The number of amides is 1. The summed E-state index contributed by atoms with van der Waals surface area (Å²) in [6, 6.07) is 11.6. The predicted octanol–water partition coefficient (Wildman–Crippen LogP) is 3.42. The van der Waals surface area contributed by atoms with Crippen LogP contribution in [0.25, 0.3) is 0 Å². The first-order valence-corrected chi connectivity index (χ1v) is 11.0. The van der Waals surface area contributed by atoms with Gasteiger partial charge in [-0.25, -0.2) is 13.2 Å². The van der Waals surface area contributed by atoms with Crippen molar-refractivity contribution in [2.75, 3.05) is 0 Å². The normalized spacial score (nSPS) is 17.1. The minimum Gasteiger partial charge on any atom is -0.449 e. The van der Waals surface area contributed by atoms with E-state index in [1.807, 2.05) is 24.3 Å². The first-order valence-electron chi connectivity index (χ1n) is 9.41. The van der Waals surface area contributed by atoms with Gasteiger partial charge in [-0.2, -0.15) is 8.78 Å². The van der Waals surface area contributed by atoms with Gasteiger partial charge in [-0.05, 0) is 61.6 Å². The second-order valence-corrected chi connectivity index (χ2v) is 8.95. The SMILES string of the molecule is C[C@@H](OC(=O)c1ccc(S(=O)(=O)C(F)F)cc1)C(=O)N[C@@H]1CCCc2ccccc21. The fourth-order valence-electron chi connectivity index (χ4n) is 3.36. The molecule has 1 N–H and O–H groups in total. The zero-order valence-electron chi connectivity index (χ0n) is 16.2. The lowest BCUT2D eigenvalue weighted by Gasteiger charge is -2.27. The molecule has 0 bridgehead atoms. The van der Waals surface area contributed by atoms with Crippen molar-refractivity contribution in [1.82, 2.24) is 5.32 Å². The molecule has 0 saturated carbocycles. The van der Waals surface area contributed by atoms with Crippen LogP contribution in [-0.4, -0.2) is 32.2 Å². The summed E-state index contributed by atoms with van der Waals surface area (Å²) in [7, 11) is -4.75. The molecule has 2 aromatic carbocycles. The third-order valence-electron chi connectivity index (χ3n) is 4.99. The Hall–Kier alpha value is -2.81. The van der Waals surface area contributed by atoms with Crippen molar-refractivity contribution in [1.29, 1.82) is 0 Å². The van der Waals surface area contributed by atoms with E-state index in [2.05, 4.69) is 5.32 Å². The Kier molecular flexibility index (Phi) is 6.50. The van der Waals surface area contributed by atoms with Crippen LogP contribution in [0.5, 0.6) is 0 Å². The summed E-state index contributed by atoms with van der Waals surface area (Å²) in [5, 5.41) is 2.89. The topological polar surface area (TPSA) is 89.5 Å². The maximum Gasteiger partial charge on any atom is 0.341 e. The molecule has 1 amide bonds. The van der Waals surface area contributed by atoms with Crippen molar-refractivity contribution >= 4 is 21.7 Å². The molecule has 9 heteroatoms. The molecule has 1 aliphatic carbocycles. The second kappa shape index (κ2) is 8.91. The largest absolute Gasteiger partial charge is 0.449 e. The van der Waals surface area contributed by atoms with Gasteiger partial charge in [0.05, 0.1) is 16.5 Å². The highest BCUT2D eigenvalue weighted by molar-refractivity contribution is 7.91. The molecule has 0 aromatic heterocycles. The van der Waals surface area contributed by atoms with Gasteiger partial charge in [-0.15, -0.1) is 0 Å². The van der Waals surface area contributed by atoms with Crippen LogP contribution >= 0.6 is 0 Å². The fourth-order valence-corrected chi connectivity index (χ4v) is 4.08. The zero-order valence-corrected chi connectivity index (χ0v) is 17.0. The van der Waals surface area contributed by atoms with E-state index in [1.165, 1.54) is 12.5 Å². The van der Waals surface area contributed by atoms with Gasteiger partial charge in [0.2, 0.25) is 9.84 Å². The average molecular weight is 437 g/mol. The molecular weight excluding hydrogens is 416 g/mol.